The first-order valence-corrected chi connectivity index (χ1v) is 8.62. The van der Waals surface area contributed by atoms with Crippen LogP contribution in [-0.4, -0.2) is 29.0 Å². The summed E-state index contributed by atoms with van der Waals surface area (Å²) in [5.41, 5.74) is 1.08. The summed E-state index contributed by atoms with van der Waals surface area (Å²) in [6, 6.07) is 18.8. The molecule has 0 aliphatic heterocycles. The van der Waals surface area contributed by atoms with Gasteiger partial charge in [0.15, 0.2) is 11.6 Å². The number of carbonyl (C=O) groups excluding carboxylic acids is 2. The van der Waals surface area contributed by atoms with E-state index in [-0.39, 0.29) is 64.6 Å². The number of hydrogen-bond donors (Lipinski definition) is 2. The van der Waals surface area contributed by atoms with Crippen LogP contribution in [0.1, 0.15) is 46.0 Å². The number of benzene rings is 2. The van der Waals surface area contributed by atoms with E-state index in [1.165, 1.54) is 26.0 Å². The van der Waals surface area contributed by atoms with Gasteiger partial charge in [0.2, 0.25) is 0 Å². The molecule has 5 nitrogen and oxygen atoms in total. The average molecular weight is 534 g/mol. The van der Waals surface area contributed by atoms with E-state index in [1.54, 1.807) is 42.5 Å². The van der Waals surface area contributed by atoms with E-state index in [0.717, 1.165) is 12.4 Å². The Hall–Kier alpha value is -2.77. The summed E-state index contributed by atoms with van der Waals surface area (Å²) >= 11 is 0. The summed E-state index contributed by atoms with van der Waals surface area (Å²) in [4.78, 5) is 25.6. The van der Waals surface area contributed by atoms with Gasteiger partial charge in [-0.1, -0.05) is 29.6 Å². The van der Waals surface area contributed by atoms with E-state index in [0.29, 0.717) is 11.4 Å². The summed E-state index contributed by atoms with van der Waals surface area (Å²) in [6.45, 7) is 2.85. The normalized spacial score (nSPS) is 8.36. The summed E-state index contributed by atoms with van der Waals surface area (Å²) in [6.07, 6.45) is 1.88. The molecule has 0 amide bonds. The first kappa shape index (κ1) is 34.8. The number of carbonyl (C=O) groups is 2. The molecule has 1 heterocycles. The van der Waals surface area contributed by atoms with Crippen molar-refractivity contribution in [2.45, 2.75) is 13.8 Å². The first-order chi connectivity index (χ1) is 14.3. The molecule has 0 aliphatic carbocycles. The standard InChI is InChI=1S/C9H9NO2.2C7H5FN.2ClH.Fe/c1-6(11)8-4-3-5-9(10-8)7(2)12;2*8-7-4-2-1-3-6(7)5-9;;;/h3-5H,1-2H3;2*1-2,4-5,9H;2*1H;/q;2*-1;;;+4/p-2. The van der Waals surface area contributed by atoms with Gasteiger partial charge in [-0.2, -0.15) is 0 Å². The minimum atomic E-state index is -0.396. The van der Waals surface area contributed by atoms with E-state index < -0.39 is 11.6 Å². The topological polar surface area (TPSA) is 94.7 Å². The Labute approximate surface area is 214 Å². The maximum Gasteiger partial charge on any atom is 4.00 e. The number of aromatic nitrogens is 1. The van der Waals surface area contributed by atoms with Crippen LogP contribution in [0.4, 0.5) is 8.78 Å². The third-order valence-corrected chi connectivity index (χ3v) is 3.43. The zero-order valence-corrected chi connectivity index (χ0v) is 20.1. The fraction of sp³-hybridized carbons (Fsp3) is 0.0870. The van der Waals surface area contributed by atoms with Crippen LogP contribution < -0.4 is 24.8 Å². The van der Waals surface area contributed by atoms with Crippen LogP contribution in [0.25, 0.3) is 0 Å². The number of halogens is 4. The second-order valence-electron chi connectivity index (χ2n) is 5.67. The Bertz CT molecular complexity index is 975. The van der Waals surface area contributed by atoms with Crippen LogP contribution in [0.15, 0.2) is 54.6 Å². The van der Waals surface area contributed by atoms with Crippen molar-refractivity contribution in [3.63, 3.8) is 0 Å². The number of ketones is 2. The summed E-state index contributed by atoms with van der Waals surface area (Å²) < 4.78 is 24.8. The number of nitrogens with zero attached hydrogens (tertiary/aromatic N) is 1. The van der Waals surface area contributed by atoms with Gasteiger partial charge in [0, 0.05) is 25.5 Å². The van der Waals surface area contributed by atoms with Crippen molar-refractivity contribution in [3.8, 4) is 0 Å². The molecule has 1 aromatic heterocycles. The molecule has 10 heteroatoms. The van der Waals surface area contributed by atoms with Crippen molar-refractivity contribution in [1.29, 1.82) is 10.8 Å². The maximum atomic E-state index is 12.4. The van der Waals surface area contributed by atoms with Gasteiger partial charge in [-0.15, -0.1) is 48.5 Å². The molecule has 3 rings (SSSR count). The van der Waals surface area contributed by atoms with Gasteiger partial charge >= 0.3 is 17.1 Å². The van der Waals surface area contributed by atoms with Gasteiger partial charge in [0.05, 0.1) is 0 Å². The largest absolute Gasteiger partial charge is 4.00 e. The number of nitrogens with one attached hydrogen (secondary N) is 2. The first-order valence-electron chi connectivity index (χ1n) is 8.62. The van der Waals surface area contributed by atoms with Gasteiger partial charge in [-0.3, -0.25) is 18.4 Å². The van der Waals surface area contributed by atoms with Crippen molar-refractivity contribution in [1.82, 2.24) is 4.98 Å². The van der Waals surface area contributed by atoms with Gasteiger partial charge < -0.3 is 35.6 Å². The SMILES string of the molecule is CC(=O)c1cccc(C(C)=O)n1.N=Cc1[c-]cccc1F.N=Cc1[c-]cccc1F.[Cl-].[Cl-].[Fe+4]. The Kier molecular flexibility index (Phi) is 19.8. The second-order valence-corrected chi connectivity index (χ2v) is 5.67. The zero-order chi connectivity index (χ0) is 22.5. The van der Waals surface area contributed by atoms with Crippen LogP contribution >= 0.6 is 0 Å². The van der Waals surface area contributed by atoms with Crippen molar-refractivity contribution < 1.29 is 60.3 Å². The van der Waals surface area contributed by atoms with Crippen LogP contribution in [0.3, 0.4) is 0 Å². The summed E-state index contributed by atoms with van der Waals surface area (Å²) in [5.74, 6) is -1.05. The van der Waals surface area contributed by atoms with Crippen molar-refractivity contribution in [2.24, 2.45) is 0 Å². The minimum Gasteiger partial charge on any atom is -1.00 e. The van der Waals surface area contributed by atoms with Gasteiger partial charge in [0.25, 0.3) is 0 Å². The predicted molar refractivity (Wildman–Crippen MR) is 110 cm³/mol. The predicted octanol–water partition coefficient (Wildman–Crippen LogP) is -1.26. The van der Waals surface area contributed by atoms with E-state index in [1.807, 2.05) is 0 Å². The van der Waals surface area contributed by atoms with E-state index >= 15 is 0 Å². The molecule has 0 bridgehead atoms. The van der Waals surface area contributed by atoms with Crippen molar-refractivity contribution in [3.05, 3.63) is 101 Å². The molecule has 0 saturated carbocycles. The molecule has 2 N–H and O–H groups in total. The summed E-state index contributed by atoms with van der Waals surface area (Å²) in [5, 5.41) is 13.4. The Morgan fingerprint density at radius 1 is 0.788 bits per heavy atom. The fourth-order valence-electron chi connectivity index (χ4n) is 1.91. The Morgan fingerprint density at radius 2 is 1.15 bits per heavy atom. The molecule has 0 fully saturated rings. The third-order valence-electron chi connectivity index (χ3n) is 3.43. The summed E-state index contributed by atoms with van der Waals surface area (Å²) in [7, 11) is 0. The number of rotatable bonds is 4. The molecular weight excluding hydrogens is 515 g/mol. The number of pyridine rings is 1. The van der Waals surface area contributed by atoms with E-state index in [2.05, 4.69) is 17.1 Å². The van der Waals surface area contributed by atoms with Crippen molar-refractivity contribution in [2.75, 3.05) is 0 Å². The van der Waals surface area contributed by atoms with Gasteiger partial charge in [-0.05, 0) is 12.1 Å². The number of hydrogen-bond acceptors (Lipinski definition) is 5. The Balaban J connectivity index is -0.000000396. The minimum absolute atomic E-state index is 0. The molecule has 174 valence electrons. The third kappa shape index (κ3) is 12.7. The van der Waals surface area contributed by atoms with Crippen LogP contribution in [0, 0.1) is 34.6 Å². The molecule has 3 aromatic rings. The Morgan fingerprint density at radius 3 is 1.39 bits per heavy atom. The molecule has 2 aromatic carbocycles. The van der Waals surface area contributed by atoms with Crippen LogP contribution in [0.5, 0.6) is 0 Å². The smallest absolute Gasteiger partial charge is 1.00 e. The second kappa shape index (κ2) is 18.8. The van der Waals surface area contributed by atoms with Gasteiger partial charge in [-0.25, -0.2) is 4.98 Å². The molecular formula is C23H19Cl2F2FeN3O2. The van der Waals surface area contributed by atoms with Crippen molar-refractivity contribution >= 4 is 24.0 Å². The fourth-order valence-corrected chi connectivity index (χ4v) is 1.91. The van der Waals surface area contributed by atoms with Crippen LogP contribution in [-0.2, 0) is 17.1 Å². The average Bonchev–Trinajstić information content (AvgIpc) is 2.75. The molecule has 0 aliphatic rings. The molecule has 0 saturated heterocycles. The molecule has 33 heavy (non-hydrogen) atoms. The van der Waals surface area contributed by atoms with Crippen LogP contribution in [0.2, 0.25) is 0 Å². The monoisotopic (exact) mass is 533 g/mol. The molecule has 0 spiro atoms. The molecule has 0 unspecified atom stereocenters. The van der Waals surface area contributed by atoms with E-state index in [9.17, 15) is 18.4 Å². The maximum absolute atomic E-state index is 12.4. The molecule has 0 radical (unpaired) electrons. The molecule has 0 atom stereocenters. The van der Waals surface area contributed by atoms with Gasteiger partial charge in [0.1, 0.15) is 11.4 Å². The van der Waals surface area contributed by atoms with E-state index in [4.69, 9.17) is 10.8 Å². The number of Topliss-reactive ketones (excluding diaryl/α,β-unsaturated/α-hetero) is 2. The zero-order valence-electron chi connectivity index (χ0n) is 17.5. The quantitative estimate of drug-likeness (QED) is 0.190.